The molecule has 0 spiro atoms. The summed E-state index contributed by atoms with van der Waals surface area (Å²) < 4.78 is 5.20. The van der Waals surface area contributed by atoms with Crippen LogP contribution in [0.1, 0.15) is 11.1 Å². The number of hydrogen-bond donors (Lipinski definition) is 0. The van der Waals surface area contributed by atoms with Crippen LogP contribution in [-0.2, 0) is 0 Å². The maximum absolute atomic E-state index is 8.90. The van der Waals surface area contributed by atoms with E-state index in [0.717, 1.165) is 16.5 Å². The Bertz CT molecular complexity index is 597. The van der Waals surface area contributed by atoms with Gasteiger partial charge in [-0.15, -0.1) is 0 Å². The molecule has 1 heterocycles. The van der Waals surface area contributed by atoms with Crippen molar-refractivity contribution < 1.29 is 4.74 Å². The van der Waals surface area contributed by atoms with Crippen molar-refractivity contribution in [1.82, 2.24) is 4.98 Å². The molecule has 0 bridgehead atoms. The van der Waals surface area contributed by atoms with Gasteiger partial charge in [-0.3, -0.25) is 4.98 Å². The lowest BCUT2D eigenvalue weighted by atomic mass is 10.1. The number of nitrogens with zero attached hydrogens (tertiary/aromatic N) is 2. The standard InChI is InChI=1S/C13H10N2O/c1-3-9-4-11-5-10(7-14)6-12(16-2)13(11)15-8-9/h3-6,8H,1H2,2H3. The zero-order chi connectivity index (χ0) is 11.5. The maximum atomic E-state index is 8.90. The topological polar surface area (TPSA) is 45.9 Å². The van der Waals surface area contributed by atoms with E-state index in [4.69, 9.17) is 10.00 Å². The van der Waals surface area contributed by atoms with E-state index in [1.807, 2.05) is 6.07 Å². The first-order chi connectivity index (χ1) is 7.78. The summed E-state index contributed by atoms with van der Waals surface area (Å²) in [5, 5.41) is 9.78. The van der Waals surface area contributed by atoms with Crippen LogP contribution in [0.5, 0.6) is 5.75 Å². The van der Waals surface area contributed by atoms with Crippen LogP contribution in [-0.4, -0.2) is 12.1 Å². The summed E-state index contributed by atoms with van der Waals surface area (Å²) in [6.07, 6.45) is 3.45. The molecule has 2 rings (SSSR count). The fourth-order valence-corrected chi connectivity index (χ4v) is 1.57. The number of methoxy groups -OCH3 is 1. The third-order valence-corrected chi connectivity index (χ3v) is 2.35. The van der Waals surface area contributed by atoms with Crippen LogP contribution in [0.3, 0.4) is 0 Å². The van der Waals surface area contributed by atoms with Crippen LogP contribution in [0.4, 0.5) is 0 Å². The van der Waals surface area contributed by atoms with Crippen molar-refractivity contribution in [3.8, 4) is 11.8 Å². The van der Waals surface area contributed by atoms with Gasteiger partial charge in [-0.05, 0) is 17.7 Å². The van der Waals surface area contributed by atoms with Gasteiger partial charge in [0.1, 0.15) is 11.3 Å². The average molecular weight is 210 g/mol. The minimum absolute atomic E-state index is 0.562. The van der Waals surface area contributed by atoms with Crippen LogP contribution >= 0.6 is 0 Å². The lowest BCUT2D eigenvalue weighted by molar-refractivity contribution is 0.419. The molecular formula is C13H10N2O. The molecule has 0 fully saturated rings. The SMILES string of the molecule is C=Cc1cnc2c(OC)cc(C#N)cc2c1. The molecule has 0 saturated heterocycles. The normalized spacial score (nSPS) is 9.75. The van der Waals surface area contributed by atoms with E-state index < -0.39 is 0 Å². The van der Waals surface area contributed by atoms with E-state index in [0.29, 0.717) is 11.3 Å². The lowest BCUT2D eigenvalue weighted by Crippen LogP contribution is -1.90. The number of fused-ring (bicyclic) bond motifs is 1. The van der Waals surface area contributed by atoms with Gasteiger partial charge in [-0.25, -0.2) is 0 Å². The van der Waals surface area contributed by atoms with E-state index in [-0.39, 0.29) is 0 Å². The molecule has 1 aromatic heterocycles. The van der Waals surface area contributed by atoms with Gasteiger partial charge in [0.05, 0.1) is 18.7 Å². The van der Waals surface area contributed by atoms with E-state index in [9.17, 15) is 0 Å². The molecule has 3 heteroatoms. The summed E-state index contributed by atoms with van der Waals surface area (Å²) in [6.45, 7) is 3.69. The molecule has 0 aliphatic heterocycles. The van der Waals surface area contributed by atoms with Gasteiger partial charge >= 0.3 is 0 Å². The second-order valence-electron chi connectivity index (χ2n) is 3.33. The Morgan fingerprint density at radius 3 is 2.88 bits per heavy atom. The van der Waals surface area contributed by atoms with Gasteiger partial charge in [-0.1, -0.05) is 12.7 Å². The molecule has 0 atom stereocenters. The summed E-state index contributed by atoms with van der Waals surface area (Å²) in [6, 6.07) is 7.50. The Balaban J connectivity index is 2.79. The van der Waals surface area contributed by atoms with E-state index >= 15 is 0 Å². The molecule has 3 nitrogen and oxygen atoms in total. The van der Waals surface area contributed by atoms with E-state index in [1.165, 1.54) is 0 Å². The minimum atomic E-state index is 0.562. The Morgan fingerprint density at radius 2 is 2.25 bits per heavy atom. The molecule has 0 unspecified atom stereocenters. The van der Waals surface area contributed by atoms with Gasteiger partial charge in [0.2, 0.25) is 0 Å². The van der Waals surface area contributed by atoms with Crippen LogP contribution in [0, 0.1) is 11.3 Å². The number of benzene rings is 1. The summed E-state index contributed by atoms with van der Waals surface area (Å²) in [7, 11) is 1.57. The Kier molecular flexibility index (Phi) is 2.57. The second kappa shape index (κ2) is 4.03. The van der Waals surface area contributed by atoms with Crippen LogP contribution < -0.4 is 4.74 Å². The van der Waals surface area contributed by atoms with Crippen molar-refractivity contribution in [2.45, 2.75) is 0 Å². The van der Waals surface area contributed by atoms with E-state index in [1.54, 1.807) is 31.5 Å². The Labute approximate surface area is 93.6 Å². The number of hydrogen-bond acceptors (Lipinski definition) is 3. The number of ether oxygens (including phenoxy) is 1. The zero-order valence-electron chi connectivity index (χ0n) is 8.90. The third kappa shape index (κ3) is 1.61. The summed E-state index contributed by atoms with van der Waals surface area (Å²) in [4.78, 5) is 4.29. The number of rotatable bonds is 2. The molecular weight excluding hydrogens is 200 g/mol. The van der Waals surface area contributed by atoms with Gasteiger partial charge in [0.15, 0.2) is 0 Å². The fourth-order valence-electron chi connectivity index (χ4n) is 1.57. The molecule has 0 saturated carbocycles. The van der Waals surface area contributed by atoms with Crippen LogP contribution in [0.15, 0.2) is 31.0 Å². The highest BCUT2D eigenvalue weighted by Crippen LogP contribution is 2.26. The van der Waals surface area contributed by atoms with Crippen molar-refractivity contribution in [3.05, 3.63) is 42.1 Å². The molecule has 0 radical (unpaired) electrons. The zero-order valence-corrected chi connectivity index (χ0v) is 8.90. The quantitative estimate of drug-likeness (QED) is 0.765. The second-order valence-corrected chi connectivity index (χ2v) is 3.33. The van der Waals surface area contributed by atoms with Crippen molar-refractivity contribution >= 4 is 17.0 Å². The predicted molar refractivity (Wildman–Crippen MR) is 63.1 cm³/mol. The van der Waals surface area contributed by atoms with Crippen molar-refractivity contribution in [2.75, 3.05) is 7.11 Å². The Hall–Kier alpha value is -2.34. The molecule has 1 aromatic carbocycles. The molecule has 16 heavy (non-hydrogen) atoms. The minimum Gasteiger partial charge on any atom is -0.494 e. The van der Waals surface area contributed by atoms with Crippen LogP contribution in [0.25, 0.3) is 17.0 Å². The fraction of sp³-hybridized carbons (Fsp3) is 0.0769. The van der Waals surface area contributed by atoms with Crippen LogP contribution in [0.2, 0.25) is 0 Å². The number of aromatic nitrogens is 1. The molecule has 2 aromatic rings. The highest BCUT2D eigenvalue weighted by atomic mass is 16.5. The third-order valence-electron chi connectivity index (χ3n) is 2.35. The number of nitriles is 1. The summed E-state index contributed by atoms with van der Waals surface area (Å²) in [5.41, 5.74) is 2.24. The van der Waals surface area contributed by atoms with Gasteiger partial charge in [0, 0.05) is 17.6 Å². The molecule has 0 aliphatic carbocycles. The number of pyridine rings is 1. The summed E-state index contributed by atoms with van der Waals surface area (Å²) in [5.74, 6) is 0.615. The molecule has 78 valence electrons. The van der Waals surface area contributed by atoms with Crippen molar-refractivity contribution in [2.24, 2.45) is 0 Å². The first-order valence-electron chi connectivity index (χ1n) is 4.79. The lowest BCUT2D eigenvalue weighted by Gasteiger charge is -2.05. The van der Waals surface area contributed by atoms with Gasteiger partial charge < -0.3 is 4.74 Å². The highest BCUT2D eigenvalue weighted by molar-refractivity contribution is 5.87. The largest absolute Gasteiger partial charge is 0.494 e. The maximum Gasteiger partial charge on any atom is 0.146 e. The smallest absolute Gasteiger partial charge is 0.146 e. The van der Waals surface area contributed by atoms with Crippen molar-refractivity contribution in [3.63, 3.8) is 0 Å². The first-order valence-corrected chi connectivity index (χ1v) is 4.79. The van der Waals surface area contributed by atoms with E-state index in [2.05, 4.69) is 17.6 Å². The predicted octanol–water partition coefficient (Wildman–Crippen LogP) is 2.76. The van der Waals surface area contributed by atoms with Gasteiger partial charge in [0.25, 0.3) is 0 Å². The highest BCUT2D eigenvalue weighted by Gasteiger charge is 2.05. The Morgan fingerprint density at radius 1 is 1.44 bits per heavy atom. The molecule has 0 amide bonds. The monoisotopic (exact) mass is 210 g/mol. The summed E-state index contributed by atoms with van der Waals surface area (Å²) >= 11 is 0. The van der Waals surface area contributed by atoms with Gasteiger partial charge in [-0.2, -0.15) is 5.26 Å². The average Bonchev–Trinajstić information content (AvgIpc) is 2.36. The van der Waals surface area contributed by atoms with Crippen molar-refractivity contribution in [1.29, 1.82) is 5.26 Å². The first kappa shape index (κ1) is 10.2. The molecule has 0 N–H and O–H groups in total. The molecule has 0 aliphatic rings.